The highest BCUT2D eigenvalue weighted by Gasteiger charge is 2.23. The van der Waals surface area contributed by atoms with Gasteiger partial charge in [0, 0.05) is 6.04 Å². The van der Waals surface area contributed by atoms with Gasteiger partial charge in [0.25, 0.3) is 0 Å². The summed E-state index contributed by atoms with van der Waals surface area (Å²) in [5, 5.41) is 0. The van der Waals surface area contributed by atoms with Crippen molar-refractivity contribution in [2.75, 3.05) is 0 Å². The van der Waals surface area contributed by atoms with Gasteiger partial charge in [0.15, 0.2) is 0 Å². The van der Waals surface area contributed by atoms with E-state index in [1.165, 1.54) is 38.5 Å². The molecular formula is C13H25N. The Kier molecular flexibility index (Phi) is 5.24. The first-order chi connectivity index (χ1) is 6.74. The number of unbranched alkanes of at least 4 members (excludes halogenated alkanes) is 1. The number of allylic oxidation sites excluding steroid dienone is 1. The van der Waals surface area contributed by atoms with Gasteiger partial charge in [-0.05, 0) is 43.9 Å². The van der Waals surface area contributed by atoms with Gasteiger partial charge in [-0.25, -0.2) is 0 Å². The Morgan fingerprint density at radius 1 is 1.50 bits per heavy atom. The molecule has 2 N–H and O–H groups in total. The van der Waals surface area contributed by atoms with E-state index >= 15 is 0 Å². The molecule has 0 bridgehead atoms. The summed E-state index contributed by atoms with van der Waals surface area (Å²) >= 11 is 0. The van der Waals surface area contributed by atoms with E-state index in [1.807, 2.05) is 6.08 Å². The van der Waals surface area contributed by atoms with Gasteiger partial charge in [-0.3, -0.25) is 0 Å². The first kappa shape index (κ1) is 11.8. The summed E-state index contributed by atoms with van der Waals surface area (Å²) < 4.78 is 0. The minimum absolute atomic E-state index is 0.442. The van der Waals surface area contributed by atoms with Crippen LogP contribution in [0.4, 0.5) is 0 Å². The minimum atomic E-state index is 0.442. The standard InChI is InChI=1S/C13H25N/c1-3-4-5-9-13(14)12-8-6-7-11(2)10-12/h3,11-13H,1,4-10,14H2,2H3. The van der Waals surface area contributed by atoms with Crippen LogP contribution in [0, 0.1) is 11.8 Å². The molecule has 14 heavy (non-hydrogen) atoms. The normalized spacial score (nSPS) is 29.9. The van der Waals surface area contributed by atoms with E-state index in [1.54, 1.807) is 0 Å². The zero-order valence-corrected chi connectivity index (χ0v) is 9.54. The lowest BCUT2D eigenvalue weighted by Gasteiger charge is -2.31. The Hall–Kier alpha value is -0.300. The van der Waals surface area contributed by atoms with E-state index in [0.29, 0.717) is 6.04 Å². The molecule has 0 aromatic rings. The summed E-state index contributed by atoms with van der Waals surface area (Å²) in [7, 11) is 0. The predicted octanol–water partition coefficient (Wildman–Crippen LogP) is 3.50. The van der Waals surface area contributed by atoms with Crippen LogP contribution >= 0.6 is 0 Å². The Morgan fingerprint density at radius 3 is 2.93 bits per heavy atom. The third-order valence-corrected chi connectivity index (χ3v) is 3.53. The molecular weight excluding hydrogens is 170 g/mol. The van der Waals surface area contributed by atoms with E-state index in [2.05, 4.69) is 13.5 Å². The summed E-state index contributed by atoms with van der Waals surface area (Å²) in [6.07, 6.45) is 11.0. The lowest BCUT2D eigenvalue weighted by atomic mass is 9.78. The lowest BCUT2D eigenvalue weighted by molar-refractivity contribution is 0.238. The zero-order chi connectivity index (χ0) is 10.4. The summed E-state index contributed by atoms with van der Waals surface area (Å²) in [5.41, 5.74) is 6.22. The van der Waals surface area contributed by atoms with E-state index in [0.717, 1.165) is 18.3 Å². The van der Waals surface area contributed by atoms with Crippen molar-refractivity contribution < 1.29 is 0 Å². The molecule has 3 atom stereocenters. The molecule has 0 radical (unpaired) electrons. The van der Waals surface area contributed by atoms with Crippen molar-refractivity contribution in [1.82, 2.24) is 0 Å². The van der Waals surface area contributed by atoms with Gasteiger partial charge in [-0.15, -0.1) is 6.58 Å². The molecule has 0 heterocycles. The van der Waals surface area contributed by atoms with Crippen LogP contribution in [0.25, 0.3) is 0 Å². The maximum atomic E-state index is 6.22. The number of nitrogens with two attached hydrogens (primary N) is 1. The van der Waals surface area contributed by atoms with Crippen LogP contribution in [-0.2, 0) is 0 Å². The summed E-state index contributed by atoms with van der Waals surface area (Å²) in [5.74, 6) is 1.70. The molecule has 1 aliphatic carbocycles. The van der Waals surface area contributed by atoms with E-state index in [9.17, 15) is 0 Å². The summed E-state index contributed by atoms with van der Waals surface area (Å²) in [6.45, 7) is 6.10. The van der Waals surface area contributed by atoms with Crippen LogP contribution in [0.5, 0.6) is 0 Å². The first-order valence-electron chi connectivity index (χ1n) is 6.10. The molecule has 1 heteroatoms. The molecule has 0 amide bonds. The van der Waals surface area contributed by atoms with Crippen molar-refractivity contribution in [3.05, 3.63) is 12.7 Å². The van der Waals surface area contributed by atoms with Crippen LogP contribution in [0.2, 0.25) is 0 Å². The second kappa shape index (κ2) is 6.23. The highest BCUT2D eigenvalue weighted by atomic mass is 14.6. The van der Waals surface area contributed by atoms with Crippen molar-refractivity contribution in [3.63, 3.8) is 0 Å². The fraction of sp³-hybridized carbons (Fsp3) is 0.846. The predicted molar refractivity (Wildman–Crippen MR) is 63.1 cm³/mol. The highest BCUT2D eigenvalue weighted by molar-refractivity contribution is 4.80. The fourth-order valence-corrected chi connectivity index (χ4v) is 2.60. The SMILES string of the molecule is C=CCCCC(N)C1CCCC(C)C1. The Morgan fingerprint density at radius 2 is 2.29 bits per heavy atom. The monoisotopic (exact) mass is 195 g/mol. The molecule has 1 nitrogen and oxygen atoms in total. The second-order valence-electron chi connectivity index (χ2n) is 4.92. The largest absolute Gasteiger partial charge is 0.327 e. The average Bonchev–Trinajstić information content (AvgIpc) is 2.18. The van der Waals surface area contributed by atoms with Crippen molar-refractivity contribution in [2.45, 2.75) is 57.9 Å². The van der Waals surface area contributed by atoms with Crippen molar-refractivity contribution >= 4 is 0 Å². The topological polar surface area (TPSA) is 26.0 Å². The fourth-order valence-electron chi connectivity index (χ4n) is 2.60. The van der Waals surface area contributed by atoms with Crippen molar-refractivity contribution in [2.24, 2.45) is 17.6 Å². The maximum Gasteiger partial charge on any atom is 0.00673 e. The van der Waals surface area contributed by atoms with Crippen molar-refractivity contribution in [3.8, 4) is 0 Å². The maximum absolute atomic E-state index is 6.22. The number of hydrogen-bond acceptors (Lipinski definition) is 1. The van der Waals surface area contributed by atoms with Gasteiger partial charge >= 0.3 is 0 Å². The Balaban J connectivity index is 2.21. The number of hydrogen-bond donors (Lipinski definition) is 1. The third-order valence-electron chi connectivity index (χ3n) is 3.53. The third kappa shape index (κ3) is 3.83. The summed E-state index contributed by atoms with van der Waals surface area (Å²) in [6, 6.07) is 0.442. The summed E-state index contributed by atoms with van der Waals surface area (Å²) in [4.78, 5) is 0. The van der Waals surface area contributed by atoms with Gasteiger partial charge in [0.1, 0.15) is 0 Å². The molecule has 1 saturated carbocycles. The molecule has 1 fully saturated rings. The van der Waals surface area contributed by atoms with E-state index in [4.69, 9.17) is 5.73 Å². The van der Waals surface area contributed by atoms with Crippen LogP contribution in [-0.4, -0.2) is 6.04 Å². The van der Waals surface area contributed by atoms with E-state index < -0.39 is 0 Å². The smallest absolute Gasteiger partial charge is 0.00673 e. The molecule has 3 unspecified atom stereocenters. The average molecular weight is 195 g/mol. The van der Waals surface area contributed by atoms with E-state index in [-0.39, 0.29) is 0 Å². The molecule has 1 aliphatic rings. The minimum Gasteiger partial charge on any atom is -0.327 e. The van der Waals surface area contributed by atoms with Crippen LogP contribution in [0.15, 0.2) is 12.7 Å². The molecule has 0 aliphatic heterocycles. The van der Waals surface area contributed by atoms with Gasteiger partial charge in [0.2, 0.25) is 0 Å². The molecule has 0 aromatic heterocycles. The lowest BCUT2D eigenvalue weighted by Crippen LogP contribution is -2.33. The Labute approximate surface area is 88.8 Å². The molecule has 82 valence electrons. The van der Waals surface area contributed by atoms with Gasteiger partial charge in [-0.2, -0.15) is 0 Å². The molecule has 0 saturated heterocycles. The van der Waals surface area contributed by atoms with Gasteiger partial charge in [-0.1, -0.05) is 25.8 Å². The van der Waals surface area contributed by atoms with Crippen molar-refractivity contribution in [1.29, 1.82) is 0 Å². The van der Waals surface area contributed by atoms with Crippen LogP contribution < -0.4 is 5.73 Å². The second-order valence-corrected chi connectivity index (χ2v) is 4.92. The number of rotatable bonds is 5. The quantitative estimate of drug-likeness (QED) is 0.527. The molecule has 0 spiro atoms. The van der Waals surface area contributed by atoms with Crippen LogP contribution in [0.3, 0.4) is 0 Å². The van der Waals surface area contributed by atoms with Gasteiger partial charge < -0.3 is 5.73 Å². The molecule has 0 aromatic carbocycles. The van der Waals surface area contributed by atoms with Crippen LogP contribution in [0.1, 0.15) is 51.9 Å². The zero-order valence-electron chi connectivity index (χ0n) is 9.54. The van der Waals surface area contributed by atoms with Gasteiger partial charge in [0.05, 0.1) is 0 Å². The highest BCUT2D eigenvalue weighted by Crippen LogP contribution is 2.31. The molecule has 1 rings (SSSR count). The first-order valence-corrected chi connectivity index (χ1v) is 6.10. The Bertz CT molecular complexity index is 165.